The van der Waals surface area contributed by atoms with Crippen LogP contribution in [0, 0.1) is 19.8 Å². The first-order valence-corrected chi connectivity index (χ1v) is 6.64. The van der Waals surface area contributed by atoms with Crippen molar-refractivity contribution in [3.05, 3.63) is 34.9 Å². The third-order valence-corrected chi connectivity index (χ3v) is 4.42. The van der Waals surface area contributed by atoms with Crippen molar-refractivity contribution in [2.45, 2.75) is 26.1 Å². The quantitative estimate of drug-likeness (QED) is 0.781. The lowest BCUT2D eigenvalue weighted by Crippen LogP contribution is -2.31. The smallest absolute Gasteiger partial charge is 0.0792 e. The Balaban J connectivity index is 2.15. The van der Waals surface area contributed by atoms with E-state index in [1.807, 2.05) is 11.8 Å². The number of benzene rings is 1. The van der Waals surface area contributed by atoms with E-state index < -0.39 is 0 Å². The van der Waals surface area contributed by atoms with Crippen molar-refractivity contribution < 1.29 is 0 Å². The van der Waals surface area contributed by atoms with Crippen LogP contribution in [-0.2, 0) is 0 Å². The minimum atomic E-state index is 0.502. The first kappa shape index (κ1) is 11.0. The average molecular weight is 221 g/mol. The summed E-state index contributed by atoms with van der Waals surface area (Å²) in [6.07, 6.45) is 0. The second kappa shape index (κ2) is 4.58. The molecule has 0 aromatic heterocycles. The Kier molecular flexibility index (Phi) is 3.37. The molecule has 1 aliphatic heterocycles. The van der Waals surface area contributed by atoms with Crippen LogP contribution in [0.15, 0.2) is 18.2 Å². The molecular weight excluding hydrogens is 202 g/mol. The third-order valence-electron chi connectivity index (χ3n) is 2.91. The molecule has 1 aromatic carbocycles. The molecule has 1 heterocycles. The maximum absolute atomic E-state index is 3.61. The van der Waals surface area contributed by atoms with E-state index in [0.717, 1.165) is 12.5 Å². The molecule has 82 valence electrons. The molecule has 2 unspecified atom stereocenters. The monoisotopic (exact) mass is 221 g/mol. The van der Waals surface area contributed by atoms with Gasteiger partial charge in [0, 0.05) is 0 Å². The Morgan fingerprint density at radius 1 is 1.33 bits per heavy atom. The Hall–Kier alpha value is -0.470. The van der Waals surface area contributed by atoms with Crippen LogP contribution in [0.2, 0.25) is 0 Å². The number of rotatable bonds is 1. The summed E-state index contributed by atoms with van der Waals surface area (Å²) in [6.45, 7) is 7.81. The van der Waals surface area contributed by atoms with Gasteiger partial charge in [0.1, 0.15) is 0 Å². The van der Waals surface area contributed by atoms with Gasteiger partial charge in [-0.25, -0.2) is 0 Å². The van der Waals surface area contributed by atoms with Crippen LogP contribution < -0.4 is 5.32 Å². The van der Waals surface area contributed by atoms with E-state index >= 15 is 0 Å². The van der Waals surface area contributed by atoms with Gasteiger partial charge in [-0.2, -0.15) is 0 Å². The van der Waals surface area contributed by atoms with Gasteiger partial charge in [0.05, 0.1) is 5.37 Å². The maximum atomic E-state index is 3.61. The molecule has 1 aromatic rings. The van der Waals surface area contributed by atoms with Crippen molar-refractivity contribution in [3.63, 3.8) is 0 Å². The first-order chi connectivity index (χ1) is 7.16. The highest BCUT2D eigenvalue weighted by Gasteiger charge is 2.20. The zero-order valence-electron chi connectivity index (χ0n) is 9.71. The number of nitrogens with one attached hydrogen (secondary N) is 1. The molecule has 2 rings (SSSR count). The Labute approximate surface area is 96.7 Å². The van der Waals surface area contributed by atoms with Crippen LogP contribution in [-0.4, -0.2) is 12.3 Å². The Morgan fingerprint density at radius 2 is 2.13 bits per heavy atom. The largest absolute Gasteiger partial charge is 0.301 e. The van der Waals surface area contributed by atoms with Gasteiger partial charge < -0.3 is 5.32 Å². The molecule has 0 amide bonds. The minimum Gasteiger partial charge on any atom is -0.301 e. The van der Waals surface area contributed by atoms with Gasteiger partial charge in [-0.1, -0.05) is 30.7 Å². The van der Waals surface area contributed by atoms with Gasteiger partial charge in [-0.3, -0.25) is 0 Å². The van der Waals surface area contributed by atoms with E-state index in [4.69, 9.17) is 0 Å². The van der Waals surface area contributed by atoms with Gasteiger partial charge in [-0.05, 0) is 43.2 Å². The van der Waals surface area contributed by atoms with Gasteiger partial charge in [0.25, 0.3) is 0 Å². The highest BCUT2D eigenvalue weighted by atomic mass is 32.2. The van der Waals surface area contributed by atoms with E-state index in [0.29, 0.717) is 5.37 Å². The zero-order valence-corrected chi connectivity index (χ0v) is 10.5. The lowest BCUT2D eigenvalue weighted by atomic mass is 10.1. The number of hydrogen-bond donors (Lipinski definition) is 1. The molecule has 2 atom stereocenters. The normalized spacial score (nSPS) is 26.6. The lowest BCUT2D eigenvalue weighted by molar-refractivity contribution is 0.528. The fourth-order valence-electron chi connectivity index (χ4n) is 2.01. The summed E-state index contributed by atoms with van der Waals surface area (Å²) >= 11 is 2.03. The van der Waals surface area contributed by atoms with Crippen molar-refractivity contribution >= 4 is 11.8 Å². The highest BCUT2D eigenvalue weighted by molar-refractivity contribution is 7.99. The summed E-state index contributed by atoms with van der Waals surface area (Å²) in [5.74, 6) is 2.07. The molecule has 0 saturated carbocycles. The van der Waals surface area contributed by atoms with Crippen LogP contribution in [0.4, 0.5) is 0 Å². The van der Waals surface area contributed by atoms with E-state index in [1.54, 1.807) is 0 Å². The van der Waals surface area contributed by atoms with E-state index in [1.165, 1.54) is 22.4 Å². The van der Waals surface area contributed by atoms with Crippen molar-refractivity contribution in [1.29, 1.82) is 0 Å². The topological polar surface area (TPSA) is 12.0 Å². The van der Waals surface area contributed by atoms with Crippen molar-refractivity contribution in [2.75, 3.05) is 12.3 Å². The molecule has 0 spiro atoms. The van der Waals surface area contributed by atoms with Crippen molar-refractivity contribution in [1.82, 2.24) is 5.32 Å². The summed E-state index contributed by atoms with van der Waals surface area (Å²) < 4.78 is 0. The molecule has 1 aliphatic rings. The molecule has 15 heavy (non-hydrogen) atoms. The van der Waals surface area contributed by atoms with E-state index in [2.05, 4.69) is 44.3 Å². The fraction of sp³-hybridized carbons (Fsp3) is 0.538. The van der Waals surface area contributed by atoms with Crippen LogP contribution in [0.3, 0.4) is 0 Å². The molecule has 0 radical (unpaired) electrons. The molecule has 1 saturated heterocycles. The summed E-state index contributed by atoms with van der Waals surface area (Å²) in [5, 5.41) is 4.11. The van der Waals surface area contributed by atoms with Gasteiger partial charge in [0.2, 0.25) is 0 Å². The van der Waals surface area contributed by atoms with Crippen LogP contribution in [0.25, 0.3) is 0 Å². The molecule has 2 heteroatoms. The third kappa shape index (κ3) is 2.56. The summed E-state index contributed by atoms with van der Waals surface area (Å²) in [5.41, 5.74) is 4.22. The van der Waals surface area contributed by atoms with E-state index in [-0.39, 0.29) is 0 Å². The van der Waals surface area contributed by atoms with Crippen molar-refractivity contribution in [2.24, 2.45) is 5.92 Å². The molecule has 1 N–H and O–H groups in total. The zero-order chi connectivity index (χ0) is 10.8. The Bertz CT molecular complexity index is 340. The summed E-state index contributed by atoms with van der Waals surface area (Å²) in [4.78, 5) is 0. The standard InChI is InChI=1S/C13H19NS/c1-9-4-5-12(11(3)6-9)13-14-7-10(2)8-15-13/h4-6,10,13-14H,7-8H2,1-3H3. The molecule has 1 nitrogen and oxygen atoms in total. The lowest BCUT2D eigenvalue weighted by Gasteiger charge is -2.28. The van der Waals surface area contributed by atoms with Crippen LogP contribution >= 0.6 is 11.8 Å². The molecule has 0 aliphatic carbocycles. The summed E-state index contributed by atoms with van der Waals surface area (Å²) in [6, 6.07) is 6.75. The van der Waals surface area contributed by atoms with E-state index in [9.17, 15) is 0 Å². The molecule has 1 fully saturated rings. The van der Waals surface area contributed by atoms with Gasteiger partial charge in [-0.15, -0.1) is 11.8 Å². The van der Waals surface area contributed by atoms with Crippen LogP contribution in [0.5, 0.6) is 0 Å². The molecule has 0 bridgehead atoms. The predicted molar refractivity (Wildman–Crippen MR) is 68.3 cm³/mol. The van der Waals surface area contributed by atoms with Crippen LogP contribution in [0.1, 0.15) is 29.0 Å². The average Bonchev–Trinajstić information content (AvgIpc) is 2.20. The highest BCUT2D eigenvalue weighted by Crippen LogP contribution is 2.33. The van der Waals surface area contributed by atoms with Gasteiger partial charge in [0.15, 0.2) is 0 Å². The fourth-order valence-corrected chi connectivity index (χ4v) is 3.30. The molecular formula is C13H19NS. The number of aryl methyl sites for hydroxylation is 2. The number of hydrogen-bond acceptors (Lipinski definition) is 2. The number of thioether (sulfide) groups is 1. The minimum absolute atomic E-state index is 0.502. The SMILES string of the molecule is Cc1ccc(C2NCC(C)CS2)c(C)c1. The maximum Gasteiger partial charge on any atom is 0.0792 e. The van der Waals surface area contributed by atoms with Gasteiger partial charge >= 0.3 is 0 Å². The predicted octanol–water partition coefficient (Wildman–Crippen LogP) is 3.27. The Morgan fingerprint density at radius 3 is 2.73 bits per heavy atom. The first-order valence-electron chi connectivity index (χ1n) is 5.59. The second-order valence-corrected chi connectivity index (χ2v) is 5.72. The summed E-state index contributed by atoms with van der Waals surface area (Å²) in [7, 11) is 0. The second-order valence-electron chi connectivity index (χ2n) is 4.59. The van der Waals surface area contributed by atoms with Crippen molar-refractivity contribution in [3.8, 4) is 0 Å².